The van der Waals surface area contributed by atoms with Gasteiger partial charge in [0.1, 0.15) is 10.7 Å². The summed E-state index contributed by atoms with van der Waals surface area (Å²) in [6.07, 6.45) is 1.20. The van der Waals surface area contributed by atoms with Crippen LogP contribution in [0.1, 0.15) is 23.7 Å². The van der Waals surface area contributed by atoms with Crippen molar-refractivity contribution >= 4 is 44.9 Å². The molecule has 14 heteroatoms. The highest BCUT2D eigenvalue weighted by molar-refractivity contribution is 7.92. The van der Waals surface area contributed by atoms with E-state index in [4.69, 9.17) is 28.3 Å². The van der Waals surface area contributed by atoms with Crippen LogP contribution < -0.4 is 10.0 Å². The number of nitrogens with zero attached hydrogens (tertiary/aromatic N) is 3. The minimum Gasteiger partial charge on any atom is -0.394 e. The fourth-order valence-electron chi connectivity index (χ4n) is 2.67. The molecule has 0 bridgehead atoms. The number of aliphatic hydroxyl groups is 2. The van der Waals surface area contributed by atoms with E-state index in [-0.39, 0.29) is 39.9 Å². The summed E-state index contributed by atoms with van der Waals surface area (Å²) in [5, 5.41) is 28.3. The number of nitrogens with one attached hydrogen (secondary N) is 2. The van der Waals surface area contributed by atoms with Crippen molar-refractivity contribution in [3.05, 3.63) is 69.0 Å². The number of anilines is 2. The molecule has 0 saturated heterocycles. The van der Waals surface area contributed by atoms with Gasteiger partial charge in [-0.05, 0) is 42.7 Å². The molecule has 0 fully saturated rings. The summed E-state index contributed by atoms with van der Waals surface area (Å²) < 4.78 is 56.9. The SMILES string of the molecule is CC(CO)Nc1ncc(C#Cc2c(F)ccc(NS(=O)(=O)c3cc(Cl)cc(CO)c3Cl)c2F)nn1. The van der Waals surface area contributed by atoms with Gasteiger partial charge in [0.15, 0.2) is 11.5 Å². The number of hydrogen-bond acceptors (Lipinski definition) is 8. The van der Waals surface area contributed by atoms with E-state index >= 15 is 4.39 Å². The standard InChI is InChI=1S/C21H17Cl2F2N5O4S/c1-11(9-31)27-21-26-8-14(28-29-21)2-3-15-16(24)4-5-17(20(15)25)30-35(33,34)18-7-13(22)6-12(10-32)19(18)23/h4-8,11,30-32H,9-10H2,1H3,(H,26,27,29). The summed E-state index contributed by atoms with van der Waals surface area (Å²) in [5.41, 5.74) is -1.29. The number of aliphatic hydroxyl groups excluding tert-OH is 2. The first-order valence-corrected chi connectivity index (χ1v) is 12.0. The highest BCUT2D eigenvalue weighted by Crippen LogP contribution is 2.32. The normalized spacial score (nSPS) is 12.0. The summed E-state index contributed by atoms with van der Waals surface area (Å²) in [7, 11) is -4.48. The van der Waals surface area contributed by atoms with Crippen molar-refractivity contribution in [3.63, 3.8) is 0 Å². The molecule has 0 radical (unpaired) electrons. The Hall–Kier alpha value is -3.08. The topological polar surface area (TPSA) is 137 Å². The van der Waals surface area contributed by atoms with Gasteiger partial charge >= 0.3 is 0 Å². The summed E-state index contributed by atoms with van der Waals surface area (Å²) in [6, 6.07) is 3.70. The van der Waals surface area contributed by atoms with E-state index in [9.17, 15) is 17.9 Å². The first-order chi connectivity index (χ1) is 16.6. The lowest BCUT2D eigenvalue weighted by molar-refractivity contribution is 0.281. The van der Waals surface area contributed by atoms with Crippen LogP contribution in [0.15, 0.2) is 35.4 Å². The van der Waals surface area contributed by atoms with E-state index < -0.39 is 44.4 Å². The Labute approximate surface area is 209 Å². The van der Waals surface area contributed by atoms with E-state index in [1.807, 2.05) is 4.72 Å². The first-order valence-electron chi connectivity index (χ1n) is 9.74. The van der Waals surface area contributed by atoms with Gasteiger partial charge in [-0.15, -0.1) is 10.2 Å². The molecule has 0 saturated carbocycles. The molecule has 0 amide bonds. The van der Waals surface area contributed by atoms with Crippen molar-refractivity contribution in [1.29, 1.82) is 0 Å². The van der Waals surface area contributed by atoms with E-state index in [1.165, 1.54) is 12.3 Å². The second-order valence-corrected chi connectivity index (χ2v) is 9.53. The van der Waals surface area contributed by atoms with Crippen LogP contribution in [0.5, 0.6) is 0 Å². The maximum atomic E-state index is 15.0. The average molecular weight is 544 g/mol. The van der Waals surface area contributed by atoms with E-state index in [1.54, 1.807) is 6.92 Å². The van der Waals surface area contributed by atoms with Gasteiger partial charge in [0, 0.05) is 11.1 Å². The van der Waals surface area contributed by atoms with Crippen LogP contribution in [-0.4, -0.2) is 46.5 Å². The number of aromatic nitrogens is 3. The molecular formula is C21H17Cl2F2N5O4S. The molecule has 0 aliphatic heterocycles. The molecule has 3 rings (SSSR count). The Morgan fingerprint density at radius 2 is 1.89 bits per heavy atom. The zero-order valence-corrected chi connectivity index (χ0v) is 20.2. The fraction of sp³-hybridized carbons (Fsp3) is 0.190. The minimum atomic E-state index is -4.48. The summed E-state index contributed by atoms with van der Waals surface area (Å²) in [6.45, 7) is 0.952. The lowest BCUT2D eigenvalue weighted by Crippen LogP contribution is -2.21. The highest BCUT2D eigenvalue weighted by atomic mass is 35.5. The van der Waals surface area contributed by atoms with Gasteiger partial charge in [-0.2, -0.15) is 0 Å². The minimum absolute atomic E-state index is 0.0146. The van der Waals surface area contributed by atoms with E-state index in [0.29, 0.717) is 0 Å². The van der Waals surface area contributed by atoms with Gasteiger partial charge in [-0.3, -0.25) is 4.72 Å². The van der Waals surface area contributed by atoms with Crippen LogP contribution in [0.2, 0.25) is 10.0 Å². The van der Waals surface area contributed by atoms with Crippen LogP contribution in [0.4, 0.5) is 20.4 Å². The van der Waals surface area contributed by atoms with E-state index in [2.05, 4.69) is 32.3 Å². The largest absolute Gasteiger partial charge is 0.394 e. The molecule has 4 N–H and O–H groups in total. The Morgan fingerprint density at radius 1 is 1.14 bits per heavy atom. The summed E-state index contributed by atoms with van der Waals surface area (Å²) in [5.74, 6) is 2.46. The van der Waals surface area contributed by atoms with Crippen molar-refractivity contribution in [2.75, 3.05) is 16.6 Å². The Balaban J connectivity index is 1.91. The van der Waals surface area contributed by atoms with Gasteiger partial charge in [0.05, 0.1) is 35.7 Å². The number of halogens is 4. The third-order valence-corrected chi connectivity index (χ3v) is 6.57. The number of hydrogen-bond donors (Lipinski definition) is 4. The number of benzene rings is 2. The molecule has 3 aromatic rings. The predicted molar refractivity (Wildman–Crippen MR) is 126 cm³/mol. The van der Waals surface area contributed by atoms with Crippen LogP contribution in [-0.2, 0) is 16.6 Å². The van der Waals surface area contributed by atoms with Gasteiger partial charge in [0.2, 0.25) is 5.95 Å². The quantitative estimate of drug-likeness (QED) is 0.334. The number of rotatable bonds is 7. The molecule has 184 valence electrons. The van der Waals surface area contributed by atoms with Crippen molar-refractivity contribution in [2.24, 2.45) is 0 Å². The summed E-state index contributed by atoms with van der Waals surface area (Å²) >= 11 is 11.9. The molecule has 2 aromatic carbocycles. The molecule has 35 heavy (non-hydrogen) atoms. The van der Waals surface area contributed by atoms with Gasteiger partial charge in [-0.25, -0.2) is 22.2 Å². The first kappa shape index (κ1) is 26.5. The lowest BCUT2D eigenvalue weighted by atomic mass is 10.1. The number of sulfonamides is 1. The second-order valence-electron chi connectivity index (χ2n) is 7.07. The molecule has 9 nitrogen and oxygen atoms in total. The van der Waals surface area contributed by atoms with E-state index in [0.717, 1.165) is 18.2 Å². The molecule has 0 aliphatic carbocycles. The van der Waals surface area contributed by atoms with Crippen molar-refractivity contribution in [3.8, 4) is 11.8 Å². The smallest absolute Gasteiger partial charge is 0.263 e. The molecule has 1 unspecified atom stereocenters. The third kappa shape index (κ3) is 6.33. The van der Waals surface area contributed by atoms with Crippen LogP contribution >= 0.6 is 23.2 Å². The van der Waals surface area contributed by atoms with Crippen molar-refractivity contribution in [2.45, 2.75) is 24.5 Å². The second kappa shape index (κ2) is 11.1. The Bertz CT molecular complexity index is 1410. The fourth-order valence-corrected chi connectivity index (χ4v) is 4.65. The molecular weight excluding hydrogens is 527 g/mol. The molecule has 1 aromatic heterocycles. The summed E-state index contributed by atoms with van der Waals surface area (Å²) in [4.78, 5) is 3.43. The lowest BCUT2D eigenvalue weighted by Gasteiger charge is -2.13. The average Bonchev–Trinajstić information content (AvgIpc) is 2.82. The molecule has 0 spiro atoms. The molecule has 0 aliphatic rings. The highest BCUT2D eigenvalue weighted by Gasteiger charge is 2.24. The molecule has 1 atom stereocenters. The van der Waals surface area contributed by atoms with Crippen molar-refractivity contribution in [1.82, 2.24) is 15.2 Å². The zero-order chi connectivity index (χ0) is 25.8. The maximum Gasteiger partial charge on any atom is 0.263 e. The monoisotopic (exact) mass is 543 g/mol. The van der Waals surface area contributed by atoms with Crippen LogP contribution in [0.3, 0.4) is 0 Å². The van der Waals surface area contributed by atoms with Crippen LogP contribution in [0.25, 0.3) is 0 Å². The van der Waals surface area contributed by atoms with Gasteiger partial charge in [0.25, 0.3) is 10.0 Å². The predicted octanol–water partition coefficient (Wildman–Crippen LogP) is 2.94. The van der Waals surface area contributed by atoms with Gasteiger partial charge < -0.3 is 15.5 Å². The van der Waals surface area contributed by atoms with Crippen molar-refractivity contribution < 1.29 is 27.4 Å². The maximum absolute atomic E-state index is 15.0. The van der Waals surface area contributed by atoms with Gasteiger partial charge in [-0.1, -0.05) is 29.1 Å². The molecule has 1 heterocycles. The zero-order valence-electron chi connectivity index (χ0n) is 17.9. The Morgan fingerprint density at radius 3 is 2.51 bits per heavy atom. The third-order valence-electron chi connectivity index (χ3n) is 4.40. The van der Waals surface area contributed by atoms with Crippen LogP contribution in [0, 0.1) is 23.5 Å². The Kier molecular flexibility index (Phi) is 8.42.